The Morgan fingerprint density at radius 3 is 2.43 bits per heavy atom. The van der Waals surface area contributed by atoms with Crippen molar-refractivity contribution in [2.24, 2.45) is 11.8 Å². The van der Waals surface area contributed by atoms with Crippen LogP contribution in [-0.4, -0.2) is 7.05 Å². The number of rotatable bonds is 5. The Balaban J connectivity index is 1.70. The summed E-state index contributed by atoms with van der Waals surface area (Å²) >= 11 is 0. The first-order chi connectivity index (χ1) is 10.3. The molecule has 0 amide bonds. The number of hydrogen-bond donors (Lipinski definition) is 1. The van der Waals surface area contributed by atoms with Crippen LogP contribution in [-0.2, 0) is 0 Å². The van der Waals surface area contributed by atoms with Gasteiger partial charge in [-0.25, -0.2) is 0 Å². The first kappa shape index (κ1) is 15.1. The minimum absolute atomic E-state index is 0.558. The van der Waals surface area contributed by atoms with Gasteiger partial charge in [-0.2, -0.15) is 0 Å². The normalized spacial score (nSPS) is 28.1. The first-order valence-electron chi connectivity index (χ1n) is 9.09. The third kappa shape index (κ3) is 3.34. The fourth-order valence-electron chi connectivity index (χ4n) is 4.35. The van der Waals surface area contributed by atoms with Gasteiger partial charge in [0.15, 0.2) is 0 Å². The van der Waals surface area contributed by atoms with Crippen molar-refractivity contribution in [2.45, 2.75) is 70.3 Å². The Bertz CT molecular complexity index is 441. The van der Waals surface area contributed by atoms with Crippen molar-refractivity contribution < 1.29 is 0 Å². The van der Waals surface area contributed by atoms with Crippen LogP contribution in [0.2, 0.25) is 0 Å². The van der Waals surface area contributed by atoms with Gasteiger partial charge < -0.3 is 5.32 Å². The molecule has 2 saturated carbocycles. The Labute approximate surface area is 130 Å². The predicted octanol–water partition coefficient (Wildman–Crippen LogP) is 5.43. The van der Waals surface area contributed by atoms with Crippen LogP contribution in [0.4, 0.5) is 0 Å². The van der Waals surface area contributed by atoms with Crippen LogP contribution >= 0.6 is 0 Å². The summed E-state index contributed by atoms with van der Waals surface area (Å²) in [6.07, 6.45) is 11.3. The zero-order chi connectivity index (χ0) is 14.7. The van der Waals surface area contributed by atoms with E-state index < -0.39 is 0 Å². The van der Waals surface area contributed by atoms with Crippen molar-refractivity contribution in [3.63, 3.8) is 0 Å². The highest BCUT2D eigenvalue weighted by atomic mass is 14.9. The molecule has 2 aliphatic carbocycles. The molecule has 1 nitrogen and oxygen atoms in total. The third-order valence-corrected chi connectivity index (χ3v) is 6.10. The molecule has 116 valence electrons. The summed E-state index contributed by atoms with van der Waals surface area (Å²) in [5.74, 6) is 2.66. The maximum absolute atomic E-state index is 3.62. The van der Waals surface area contributed by atoms with Gasteiger partial charge in [0, 0.05) is 6.04 Å². The van der Waals surface area contributed by atoms with E-state index in [1.165, 1.54) is 56.9 Å². The largest absolute Gasteiger partial charge is 0.313 e. The van der Waals surface area contributed by atoms with Crippen LogP contribution in [0.25, 0.3) is 0 Å². The molecular weight excluding hydrogens is 254 g/mol. The van der Waals surface area contributed by atoms with Crippen LogP contribution in [0.3, 0.4) is 0 Å². The first-order valence-corrected chi connectivity index (χ1v) is 9.09. The number of hydrogen-bond acceptors (Lipinski definition) is 1. The molecule has 2 fully saturated rings. The molecule has 0 spiro atoms. The van der Waals surface area contributed by atoms with Gasteiger partial charge in [-0.15, -0.1) is 0 Å². The van der Waals surface area contributed by atoms with Crippen molar-refractivity contribution in [3.8, 4) is 0 Å². The Kier molecular flexibility index (Phi) is 5.00. The molecule has 1 N–H and O–H groups in total. The van der Waals surface area contributed by atoms with Crippen LogP contribution < -0.4 is 5.32 Å². The molecule has 0 bridgehead atoms. The predicted molar refractivity (Wildman–Crippen MR) is 90.6 cm³/mol. The fourth-order valence-corrected chi connectivity index (χ4v) is 4.35. The lowest BCUT2D eigenvalue weighted by atomic mass is 9.75. The molecule has 3 rings (SSSR count). The third-order valence-electron chi connectivity index (χ3n) is 6.10. The highest BCUT2D eigenvalue weighted by molar-refractivity contribution is 5.30. The quantitative estimate of drug-likeness (QED) is 0.760. The van der Waals surface area contributed by atoms with E-state index in [9.17, 15) is 0 Å². The summed E-state index contributed by atoms with van der Waals surface area (Å²) in [4.78, 5) is 0. The maximum Gasteiger partial charge on any atom is 0.0346 e. The second-order valence-electron chi connectivity index (χ2n) is 7.25. The number of benzene rings is 1. The molecule has 21 heavy (non-hydrogen) atoms. The van der Waals surface area contributed by atoms with Gasteiger partial charge in [0.1, 0.15) is 0 Å². The molecule has 1 heteroatoms. The average molecular weight is 285 g/mol. The van der Waals surface area contributed by atoms with Gasteiger partial charge in [-0.05, 0) is 61.6 Å². The topological polar surface area (TPSA) is 12.0 Å². The maximum atomic E-state index is 3.62. The van der Waals surface area contributed by atoms with Crippen molar-refractivity contribution in [1.29, 1.82) is 0 Å². The summed E-state index contributed by atoms with van der Waals surface area (Å²) in [5.41, 5.74) is 3.11. The monoisotopic (exact) mass is 285 g/mol. The summed E-state index contributed by atoms with van der Waals surface area (Å²) in [7, 11) is 2.15. The molecule has 0 aliphatic heterocycles. The lowest BCUT2D eigenvalue weighted by Gasteiger charge is -2.34. The Morgan fingerprint density at radius 1 is 1.10 bits per heavy atom. The minimum atomic E-state index is 0.558. The van der Waals surface area contributed by atoms with E-state index >= 15 is 0 Å². The van der Waals surface area contributed by atoms with Gasteiger partial charge >= 0.3 is 0 Å². The Hall–Kier alpha value is -0.820. The van der Waals surface area contributed by atoms with Crippen LogP contribution in [0, 0.1) is 11.8 Å². The molecular formula is C20H31N. The second kappa shape index (κ2) is 6.96. The molecule has 0 saturated heterocycles. The zero-order valence-corrected chi connectivity index (χ0v) is 13.8. The van der Waals surface area contributed by atoms with E-state index in [1.54, 1.807) is 5.56 Å². The van der Waals surface area contributed by atoms with Crippen molar-refractivity contribution in [2.75, 3.05) is 7.05 Å². The molecule has 0 heterocycles. The van der Waals surface area contributed by atoms with Gasteiger partial charge in [0.2, 0.25) is 0 Å². The van der Waals surface area contributed by atoms with E-state index in [-0.39, 0.29) is 0 Å². The van der Waals surface area contributed by atoms with Gasteiger partial charge in [-0.3, -0.25) is 0 Å². The lowest BCUT2D eigenvalue weighted by Crippen LogP contribution is -2.29. The Morgan fingerprint density at radius 2 is 1.86 bits per heavy atom. The SMILES string of the molecule is CCC1CCC(C(NC)c2cccc(C3CCC3)c2)CC1. The highest BCUT2D eigenvalue weighted by Crippen LogP contribution is 2.40. The summed E-state index contributed by atoms with van der Waals surface area (Å²) in [6, 6.07) is 10.0. The van der Waals surface area contributed by atoms with E-state index in [0.717, 1.165) is 17.8 Å². The van der Waals surface area contributed by atoms with Gasteiger partial charge in [-0.1, -0.05) is 56.9 Å². The van der Waals surface area contributed by atoms with E-state index in [1.807, 2.05) is 0 Å². The highest BCUT2D eigenvalue weighted by Gasteiger charge is 2.28. The molecule has 1 aromatic rings. The average Bonchev–Trinajstić information content (AvgIpc) is 2.47. The molecule has 2 aliphatic rings. The smallest absolute Gasteiger partial charge is 0.0346 e. The molecule has 1 atom stereocenters. The van der Waals surface area contributed by atoms with Crippen molar-refractivity contribution >= 4 is 0 Å². The summed E-state index contributed by atoms with van der Waals surface area (Å²) in [6.45, 7) is 2.35. The lowest BCUT2D eigenvalue weighted by molar-refractivity contribution is 0.224. The molecule has 1 aromatic carbocycles. The zero-order valence-electron chi connectivity index (χ0n) is 13.8. The second-order valence-corrected chi connectivity index (χ2v) is 7.25. The molecule has 0 aromatic heterocycles. The molecule has 0 radical (unpaired) electrons. The summed E-state index contributed by atoms with van der Waals surface area (Å²) < 4.78 is 0. The van der Waals surface area contributed by atoms with Gasteiger partial charge in [0.25, 0.3) is 0 Å². The van der Waals surface area contributed by atoms with Crippen LogP contribution in [0.1, 0.15) is 81.4 Å². The minimum Gasteiger partial charge on any atom is -0.313 e. The van der Waals surface area contributed by atoms with E-state index in [2.05, 4.69) is 43.6 Å². The van der Waals surface area contributed by atoms with Crippen LogP contribution in [0.5, 0.6) is 0 Å². The van der Waals surface area contributed by atoms with E-state index in [4.69, 9.17) is 0 Å². The van der Waals surface area contributed by atoms with E-state index in [0.29, 0.717) is 6.04 Å². The van der Waals surface area contributed by atoms with Gasteiger partial charge in [0.05, 0.1) is 0 Å². The van der Waals surface area contributed by atoms with Crippen molar-refractivity contribution in [3.05, 3.63) is 35.4 Å². The van der Waals surface area contributed by atoms with Crippen molar-refractivity contribution in [1.82, 2.24) is 5.32 Å². The molecule has 1 unspecified atom stereocenters. The fraction of sp³-hybridized carbons (Fsp3) is 0.700. The summed E-state index contributed by atoms with van der Waals surface area (Å²) in [5, 5.41) is 3.62. The van der Waals surface area contributed by atoms with Crippen LogP contribution in [0.15, 0.2) is 24.3 Å². The standard InChI is InChI=1S/C20H31N/c1-3-15-10-12-17(13-11-15)20(21-2)19-9-5-8-18(14-19)16-6-4-7-16/h5,8-9,14-17,20-21H,3-4,6-7,10-13H2,1-2H3. The number of nitrogens with one attached hydrogen (secondary N) is 1.